The number of sulfone groups is 1. The summed E-state index contributed by atoms with van der Waals surface area (Å²) in [5.74, 6) is -0.0132. The van der Waals surface area contributed by atoms with E-state index in [-0.39, 0.29) is 42.5 Å². The van der Waals surface area contributed by atoms with Crippen LogP contribution in [0.5, 0.6) is 0 Å². The summed E-state index contributed by atoms with van der Waals surface area (Å²) < 4.78 is 25.3. The van der Waals surface area contributed by atoms with Gasteiger partial charge in [-0.25, -0.2) is 13.4 Å². The van der Waals surface area contributed by atoms with Crippen LogP contribution in [0.15, 0.2) is 35.8 Å². The van der Waals surface area contributed by atoms with Crippen LogP contribution in [-0.4, -0.2) is 58.6 Å². The van der Waals surface area contributed by atoms with Crippen molar-refractivity contribution in [2.24, 2.45) is 0 Å². The summed E-state index contributed by atoms with van der Waals surface area (Å²) in [5, 5.41) is 7.39. The van der Waals surface area contributed by atoms with Gasteiger partial charge in [-0.05, 0) is 27.7 Å². The summed E-state index contributed by atoms with van der Waals surface area (Å²) in [6, 6.07) is 8.37. The zero-order valence-electron chi connectivity index (χ0n) is 18.8. The van der Waals surface area contributed by atoms with Crippen LogP contribution < -0.4 is 0 Å². The first kappa shape index (κ1) is 22.7. The third-order valence-corrected chi connectivity index (χ3v) is 8.07. The van der Waals surface area contributed by atoms with Gasteiger partial charge in [0.1, 0.15) is 5.01 Å². The number of hydrogen-bond donors (Lipinski definition) is 0. The zero-order chi connectivity index (χ0) is 23.1. The van der Waals surface area contributed by atoms with Gasteiger partial charge in [0.2, 0.25) is 5.91 Å². The van der Waals surface area contributed by atoms with E-state index < -0.39 is 9.84 Å². The number of aryl methyl sites for hydroxylation is 1. The van der Waals surface area contributed by atoms with Gasteiger partial charge in [0, 0.05) is 24.0 Å². The summed E-state index contributed by atoms with van der Waals surface area (Å²) >= 11 is 1.50. The molecule has 0 unspecified atom stereocenters. The number of rotatable bonds is 4. The summed E-state index contributed by atoms with van der Waals surface area (Å²) in [6.07, 6.45) is 2.02. The lowest BCUT2D eigenvalue weighted by molar-refractivity contribution is -0.130. The number of hydrogen-bond acceptors (Lipinski definition) is 6. The topological polar surface area (TPSA) is 85.2 Å². The Morgan fingerprint density at radius 1 is 1.12 bits per heavy atom. The number of benzene rings is 1. The molecule has 3 aromatic rings. The van der Waals surface area contributed by atoms with E-state index in [1.165, 1.54) is 16.9 Å². The quantitative estimate of drug-likeness (QED) is 0.580. The standard InChI is InChI=1S/C23H28N4O3S2/c1-16-5-7-17(8-6-16)21-19(14-24-27(21)23(2,3)4)22-25-18(15-31-22)13-20(28)26-9-11-32(29,30)12-10-26/h5-8,14-15H,9-13H2,1-4H3. The molecule has 1 aromatic carbocycles. The molecular formula is C23H28N4O3S2. The fourth-order valence-corrected chi connectivity index (χ4v) is 5.77. The number of carbonyl (C=O) groups excluding carboxylic acids is 1. The van der Waals surface area contributed by atoms with Gasteiger partial charge in [-0.15, -0.1) is 11.3 Å². The van der Waals surface area contributed by atoms with Gasteiger partial charge in [0.05, 0.1) is 46.6 Å². The Morgan fingerprint density at radius 2 is 1.78 bits per heavy atom. The fraction of sp³-hybridized carbons (Fsp3) is 0.435. The number of thiazole rings is 1. The Labute approximate surface area is 193 Å². The lowest BCUT2D eigenvalue weighted by Gasteiger charge is -2.26. The Bertz CT molecular complexity index is 1220. The SMILES string of the molecule is Cc1ccc(-c2c(-c3nc(CC(=O)N4CCS(=O)(=O)CC4)cs3)cnn2C(C)(C)C)cc1. The molecule has 1 aliphatic rings. The number of nitrogens with zero attached hydrogens (tertiary/aromatic N) is 4. The Balaban J connectivity index is 1.61. The second-order valence-corrected chi connectivity index (χ2v) is 12.4. The summed E-state index contributed by atoms with van der Waals surface area (Å²) in [7, 11) is -3.01. The molecule has 0 spiro atoms. The van der Waals surface area contributed by atoms with Gasteiger partial charge >= 0.3 is 0 Å². The average Bonchev–Trinajstić information content (AvgIpc) is 3.35. The Morgan fingerprint density at radius 3 is 2.41 bits per heavy atom. The molecule has 2 aromatic heterocycles. The fourth-order valence-electron chi connectivity index (χ4n) is 3.74. The molecule has 32 heavy (non-hydrogen) atoms. The molecule has 1 aliphatic heterocycles. The van der Waals surface area contributed by atoms with Crippen LogP contribution in [0.1, 0.15) is 32.0 Å². The van der Waals surface area contributed by atoms with E-state index in [1.54, 1.807) is 4.90 Å². The minimum atomic E-state index is -3.01. The monoisotopic (exact) mass is 472 g/mol. The second kappa shape index (κ2) is 8.44. The first-order valence-corrected chi connectivity index (χ1v) is 13.3. The highest BCUT2D eigenvalue weighted by Gasteiger charge is 2.27. The highest BCUT2D eigenvalue weighted by molar-refractivity contribution is 7.91. The van der Waals surface area contributed by atoms with Gasteiger partial charge < -0.3 is 4.90 Å². The lowest BCUT2D eigenvalue weighted by Crippen LogP contribution is -2.44. The van der Waals surface area contributed by atoms with Crippen molar-refractivity contribution in [3.63, 3.8) is 0 Å². The first-order valence-electron chi connectivity index (χ1n) is 10.6. The van der Waals surface area contributed by atoms with Crippen LogP contribution in [0.3, 0.4) is 0 Å². The van der Waals surface area contributed by atoms with Crippen LogP contribution in [-0.2, 0) is 26.6 Å². The van der Waals surface area contributed by atoms with E-state index in [9.17, 15) is 13.2 Å². The molecule has 0 N–H and O–H groups in total. The number of aromatic nitrogens is 3. The molecule has 1 fully saturated rings. The second-order valence-electron chi connectivity index (χ2n) is 9.21. The Kier molecular flexibility index (Phi) is 5.98. The van der Waals surface area contributed by atoms with Crippen molar-refractivity contribution in [1.29, 1.82) is 0 Å². The smallest absolute Gasteiger partial charge is 0.228 e. The highest BCUT2D eigenvalue weighted by Crippen LogP contribution is 2.36. The van der Waals surface area contributed by atoms with Crippen LogP contribution in [0.2, 0.25) is 0 Å². The zero-order valence-corrected chi connectivity index (χ0v) is 20.5. The van der Waals surface area contributed by atoms with Gasteiger partial charge in [-0.1, -0.05) is 29.8 Å². The van der Waals surface area contributed by atoms with E-state index >= 15 is 0 Å². The summed E-state index contributed by atoms with van der Waals surface area (Å²) in [6.45, 7) is 8.93. The van der Waals surface area contributed by atoms with Crippen molar-refractivity contribution in [3.05, 3.63) is 47.1 Å². The predicted octanol–water partition coefficient (Wildman–Crippen LogP) is 3.54. The number of carbonyl (C=O) groups is 1. The molecule has 4 rings (SSSR count). The lowest BCUT2D eigenvalue weighted by atomic mass is 10.0. The maximum absolute atomic E-state index is 12.7. The minimum absolute atomic E-state index is 0.0347. The molecule has 0 saturated carbocycles. The van der Waals surface area contributed by atoms with E-state index in [0.29, 0.717) is 5.69 Å². The normalized spacial score (nSPS) is 16.3. The summed E-state index contributed by atoms with van der Waals surface area (Å²) in [4.78, 5) is 19.0. The molecular weight excluding hydrogens is 444 g/mol. The maximum Gasteiger partial charge on any atom is 0.228 e. The highest BCUT2D eigenvalue weighted by atomic mass is 32.2. The molecule has 3 heterocycles. The van der Waals surface area contributed by atoms with Crippen molar-refractivity contribution >= 4 is 27.1 Å². The van der Waals surface area contributed by atoms with Crippen LogP contribution in [0.25, 0.3) is 21.8 Å². The van der Waals surface area contributed by atoms with E-state index in [0.717, 1.165) is 21.8 Å². The van der Waals surface area contributed by atoms with E-state index in [4.69, 9.17) is 4.98 Å². The Hall–Kier alpha value is -2.52. The van der Waals surface area contributed by atoms with E-state index in [2.05, 4.69) is 57.1 Å². The van der Waals surface area contributed by atoms with Gasteiger partial charge in [-0.2, -0.15) is 5.10 Å². The average molecular weight is 473 g/mol. The van der Waals surface area contributed by atoms with Gasteiger partial charge in [0.25, 0.3) is 0 Å². The van der Waals surface area contributed by atoms with Crippen molar-refractivity contribution in [2.45, 2.75) is 39.7 Å². The third kappa shape index (κ3) is 4.78. The molecule has 7 nitrogen and oxygen atoms in total. The van der Waals surface area contributed by atoms with Crippen LogP contribution in [0, 0.1) is 6.92 Å². The van der Waals surface area contributed by atoms with Crippen molar-refractivity contribution < 1.29 is 13.2 Å². The first-order chi connectivity index (χ1) is 15.0. The molecule has 1 saturated heterocycles. The van der Waals surface area contributed by atoms with Crippen LogP contribution in [0.4, 0.5) is 0 Å². The number of amides is 1. The maximum atomic E-state index is 12.7. The third-order valence-electron chi connectivity index (χ3n) is 5.54. The van der Waals surface area contributed by atoms with Gasteiger partial charge in [0.15, 0.2) is 9.84 Å². The van der Waals surface area contributed by atoms with Crippen molar-refractivity contribution in [1.82, 2.24) is 19.7 Å². The molecule has 1 amide bonds. The molecule has 0 atom stereocenters. The minimum Gasteiger partial charge on any atom is -0.340 e. The predicted molar refractivity (Wildman–Crippen MR) is 127 cm³/mol. The molecule has 0 radical (unpaired) electrons. The van der Waals surface area contributed by atoms with Gasteiger partial charge in [-0.3, -0.25) is 9.48 Å². The largest absolute Gasteiger partial charge is 0.340 e. The van der Waals surface area contributed by atoms with Crippen molar-refractivity contribution in [2.75, 3.05) is 24.6 Å². The molecule has 9 heteroatoms. The van der Waals surface area contributed by atoms with E-state index in [1.807, 2.05) is 16.3 Å². The molecule has 0 aliphatic carbocycles. The molecule has 0 bridgehead atoms. The molecule has 170 valence electrons. The summed E-state index contributed by atoms with van der Waals surface area (Å²) in [5.41, 5.74) is 4.70. The van der Waals surface area contributed by atoms with Crippen LogP contribution >= 0.6 is 11.3 Å². The van der Waals surface area contributed by atoms with Crippen molar-refractivity contribution in [3.8, 4) is 21.8 Å².